The number of hydrogen-bond acceptors (Lipinski definition) is 5. The Morgan fingerprint density at radius 3 is 2.67 bits per heavy atom. The van der Waals surface area contributed by atoms with Crippen LogP contribution in [0.25, 0.3) is 11.1 Å². The molecular weight excluding hydrogens is 382 g/mol. The second-order valence-corrected chi connectivity index (χ2v) is 7.07. The van der Waals surface area contributed by atoms with Gasteiger partial charge < -0.3 is 15.4 Å². The van der Waals surface area contributed by atoms with Crippen molar-refractivity contribution in [3.05, 3.63) is 87.5 Å². The Morgan fingerprint density at radius 2 is 1.87 bits per heavy atom. The van der Waals surface area contributed by atoms with E-state index in [-0.39, 0.29) is 11.3 Å². The molecule has 0 radical (unpaired) electrons. The lowest BCUT2D eigenvalue weighted by Gasteiger charge is -2.10. The average Bonchev–Trinajstić information content (AvgIpc) is 3.12. The Bertz CT molecular complexity index is 1130. The lowest BCUT2D eigenvalue weighted by molar-refractivity contribution is -0.384. The Kier molecular flexibility index (Phi) is 5.45. The number of nitro groups is 1. The summed E-state index contributed by atoms with van der Waals surface area (Å²) >= 11 is 0. The van der Waals surface area contributed by atoms with Crippen LogP contribution < -0.4 is 10.6 Å². The second-order valence-electron chi connectivity index (χ2n) is 7.07. The van der Waals surface area contributed by atoms with Gasteiger partial charge in [-0.05, 0) is 52.9 Å². The molecule has 7 nitrogen and oxygen atoms in total. The normalized spacial score (nSPS) is 11.5. The molecule has 1 aliphatic carbocycles. The fourth-order valence-corrected chi connectivity index (χ4v) is 3.67. The molecule has 0 fully saturated rings. The van der Waals surface area contributed by atoms with E-state index in [1.165, 1.54) is 22.8 Å². The van der Waals surface area contributed by atoms with Crippen molar-refractivity contribution in [1.29, 1.82) is 0 Å². The van der Waals surface area contributed by atoms with Gasteiger partial charge in [0.05, 0.1) is 11.5 Å². The predicted molar refractivity (Wildman–Crippen MR) is 116 cm³/mol. The molecule has 3 aromatic carbocycles. The molecule has 0 heterocycles. The number of benzene rings is 3. The average molecular weight is 403 g/mol. The molecule has 0 unspecified atom stereocenters. The zero-order chi connectivity index (χ0) is 21.1. The van der Waals surface area contributed by atoms with Crippen LogP contribution in [0.2, 0.25) is 0 Å². The van der Waals surface area contributed by atoms with Crippen LogP contribution in [0.4, 0.5) is 17.1 Å². The van der Waals surface area contributed by atoms with Gasteiger partial charge in [0, 0.05) is 31.0 Å². The molecule has 0 aromatic heterocycles. The molecule has 0 aliphatic heterocycles. The first-order chi connectivity index (χ1) is 14.6. The monoisotopic (exact) mass is 403 g/mol. The number of nitro benzene ring substituents is 1. The van der Waals surface area contributed by atoms with Gasteiger partial charge in [0.25, 0.3) is 11.6 Å². The van der Waals surface area contributed by atoms with Crippen molar-refractivity contribution < 1.29 is 14.5 Å². The smallest absolute Gasteiger partial charge is 0.293 e. The summed E-state index contributed by atoms with van der Waals surface area (Å²) in [5.41, 5.74) is 5.84. The number of carbonyl (C=O) groups is 1. The topological polar surface area (TPSA) is 93.5 Å². The van der Waals surface area contributed by atoms with Crippen LogP contribution in [0.15, 0.2) is 60.7 Å². The molecule has 3 aromatic rings. The Balaban J connectivity index is 1.55. The fourth-order valence-electron chi connectivity index (χ4n) is 3.67. The van der Waals surface area contributed by atoms with Gasteiger partial charge >= 0.3 is 0 Å². The molecule has 152 valence electrons. The highest BCUT2D eigenvalue weighted by Crippen LogP contribution is 2.38. The van der Waals surface area contributed by atoms with E-state index in [2.05, 4.69) is 22.8 Å². The van der Waals surface area contributed by atoms with Gasteiger partial charge in [0.15, 0.2) is 0 Å². The highest BCUT2D eigenvalue weighted by Gasteiger charge is 2.20. The minimum atomic E-state index is -0.502. The van der Waals surface area contributed by atoms with Crippen LogP contribution in [-0.2, 0) is 11.2 Å². The van der Waals surface area contributed by atoms with E-state index in [9.17, 15) is 14.9 Å². The zero-order valence-electron chi connectivity index (χ0n) is 16.5. The Hall–Kier alpha value is -3.71. The first-order valence-electron chi connectivity index (χ1n) is 9.60. The standard InChI is InChI=1S/C23H21N3O4/c1-30-11-10-24-21-9-7-17(13-22(21)26(28)29)23(27)25-18-8-6-16-12-15-4-2-3-5-19(15)20(16)14-18/h2-9,13-14,24H,10-12H2,1H3,(H,25,27). The van der Waals surface area contributed by atoms with E-state index in [0.29, 0.717) is 24.5 Å². The molecule has 2 N–H and O–H groups in total. The lowest BCUT2D eigenvalue weighted by atomic mass is 10.1. The molecule has 1 aliphatic rings. The summed E-state index contributed by atoms with van der Waals surface area (Å²) in [6.07, 6.45) is 0.878. The van der Waals surface area contributed by atoms with Crippen LogP contribution in [0.3, 0.4) is 0 Å². The summed E-state index contributed by atoms with van der Waals surface area (Å²) in [5.74, 6) is -0.396. The van der Waals surface area contributed by atoms with E-state index in [4.69, 9.17) is 4.74 Å². The van der Waals surface area contributed by atoms with Crippen molar-refractivity contribution in [2.45, 2.75) is 6.42 Å². The van der Waals surface area contributed by atoms with Gasteiger partial charge in [0.2, 0.25) is 0 Å². The first-order valence-corrected chi connectivity index (χ1v) is 9.60. The van der Waals surface area contributed by atoms with Crippen molar-refractivity contribution in [2.24, 2.45) is 0 Å². The first kappa shape index (κ1) is 19.6. The number of ether oxygens (including phenoxy) is 1. The van der Waals surface area contributed by atoms with Gasteiger partial charge in [-0.3, -0.25) is 14.9 Å². The maximum absolute atomic E-state index is 12.7. The van der Waals surface area contributed by atoms with Gasteiger partial charge in [-0.25, -0.2) is 0 Å². The van der Waals surface area contributed by atoms with Gasteiger partial charge in [-0.15, -0.1) is 0 Å². The molecule has 0 atom stereocenters. The molecule has 0 spiro atoms. The van der Waals surface area contributed by atoms with Crippen molar-refractivity contribution in [3.8, 4) is 11.1 Å². The fraction of sp³-hybridized carbons (Fsp3) is 0.174. The maximum Gasteiger partial charge on any atom is 0.293 e. The van der Waals surface area contributed by atoms with Crippen LogP contribution in [0, 0.1) is 10.1 Å². The van der Waals surface area contributed by atoms with Crippen LogP contribution in [0.1, 0.15) is 21.5 Å². The number of anilines is 2. The van der Waals surface area contributed by atoms with E-state index >= 15 is 0 Å². The Morgan fingerprint density at radius 1 is 1.07 bits per heavy atom. The van der Waals surface area contributed by atoms with Crippen LogP contribution >= 0.6 is 0 Å². The minimum Gasteiger partial charge on any atom is -0.383 e. The number of amides is 1. The predicted octanol–water partition coefficient (Wildman–Crippen LogP) is 4.48. The maximum atomic E-state index is 12.7. The molecule has 0 saturated heterocycles. The van der Waals surface area contributed by atoms with E-state index in [0.717, 1.165) is 12.0 Å². The molecule has 4 rings (SSSR count). The van der Waals surface area contributed by atoms with E-state index in [1.807, 2.05) is 30.3 Å². The highest BCUT2D eigenvalue weighted by atomic mass is 16.6. The zero-order valence-corrected chi connectivity index (χ0v) is 16.5. The molecule has 7 heteroatoms. The Labute approximate surface area is 173 Å². The quantitative estimate of drug-likeness (QED) is 0.270. The number of fused-ring (bicyclic) bond motifs is 3. The molecule has 1 amide bonds. The van der Waals surface area contributed by atoms with Crippen LogP contribution in [0.5, 0.6) is 0 Å². The lowest BCUT2D eigenvalue weighted by Crippen LogP contribution is -2.14. The number of methoxy groups -OCH3 is 1. The van der Waals surface area contributed by atoms with Crippen molar-refractivity contribution in [1.82, 2.24) is 0 Å². The third kappa shape index (κ3) is 3.88. The largest absolute Gasteiger partial charge is 0.383 e. The number of nitrogens with zero attached hydrogens (tertiary/aromatic N) is 1. The van der Waals surface area contributed by atoms with Crippen molar-refractivity contribution in [2.75, 3.05) is 30.9 Å². The number of hydrogen-bond donors (Lipinski definition) is 2. The van der Waals surface area contributed by atoms with Gasteiger partial charge in [0.1, 0.15) is 5.69 Å². The van der Waals surface area contributed by atoms with Crippen LogP contribution in [-0.4, -0.2) is 31.1 Å². The highest BCUT2D eigenvalue weighted by molar-refractivity contribution is 6.05. The summed E-state index contributed by atoms with van der Waals surface area (Å²) in [4.78, 5) is 23.7. The minimum absolute atomic E-state index is 0.151. The summed E-state index contributed by atoms with van der Waals surface area (Å²) < 4.78 is 4.95. The van der Waals surface area contributed by atoms with Crippen molar-refractivity contribution in [3.63, 3.8) is 0 Å². The summed E-state index contributed by atoms with van der Waals surface area (Å²) in [5, 5.41) is 17.2. The van der Waals surface area contributed by atoms with E-state index in [1.54, 1.807) is 19.2 Å². The molecule has 30 heavy (non-hydrogen) atoms. The SMILES string of the molecule is COCCNc1ccc(C(=O)Nc2ccc3c(c2)-c2ccccc2C3)cc1[N+](=O)[O-]. The number of nitrogens with one attached hydrogen (secondary N) is 2. The summed E-state index contributed by atoms with van der Waals surface area (Å²) in [7, 11) is 1.56. The van der Waals surface area contributed by atoms with Gasteiger partial charge in [-0.1, -0.05) is 30.3 Å². The molecule has 0 saturated carbocycles. The van der Waals surface area contributed by atoms with Gasteiger partial charge in [-0.2, -0.15) is 0 Å². The molecular formula is C23H21N3O4. The van der Waals surface area contributed by atoms with Crippen molar-refractivity contribution >= 4 is 23.0 Å². The third-order valence-corrected chi connectivity index (χ3v) is 5.13. The second kappa shape index (κ2) is 8.34. The summed E-state index contributed by atoms with van der Waals surface area (Å²) in [6, 6.07) is 18.4. The number of rotatable bonds is 7. The summed E-state index contributed by atoms with van der Waals surface area (Å²) in [6.45, 7) is 0.848. The van der Waals surface area contributed by atoms with E-state index < -0.39 is 10.8 Å². The number of carbonyl (C=O) groups excluding carboxylic acids is 1. The molecule has 0 bridgehead atoms. The third-order valence-electron chi connectivity index (χ3n) is 5.13.